The number of nitrogens with one attached hydrogen (secondary N) is 1. The largest absolute Gasteiger partial charge is 0.493 e. The van der Waals surface area contributed by atoms with Gasteiger partial charge in [-0.1, -0.05) is 24.3 Å². The van der Waals surface area contributed by atoms with E-state index in [0.717, 1.165) is 5.52 Å². The van der Waals surface area contributed by atoms with E-state index in [9.17, 15) is 14.7 Å². The van der Waals surface area contributed by atoms with Gasteiger partial charge in [0.05, 0.1) is 10.4 Å². The molecule has 0 aliphatic carbocycles. The summed E-state index contributed by atoms with van der Waals surface area (Å²) in [6.07, 6.45) is 0. The maximum absolute atomic E-state index is 11.8. The van der Waals surface area contributed by atoms with Gasteiger partial charge >= 0.3 is 0 Å². The van der Waals surface area contributed by atoms with Crippen LogP contribution in [0.4, 0.5) is 5.69 Å². The van der Waals surface area contributed by atoms with Gasteiger partial charge in [0, 0.05) is 12.4 Å². The average molecular weight is 342 g/mol. The van der Waals surface area contributed by atoms with Gasteiger partial charge in [0.2, 0.25) is 5.88 Å². The fourth-order valence-corrected chi connectivity index (χ4v) is 2.89. The topological polar surface area (TPSA) is 96.0 Å². The Morgan fingerprint density at radius 2 is 2.04 bits per heavy atom. The Morgan fingerprint density at radius 3 is 2.79 bits per heavy atom. The monoisotopic (exact) mass is 342 g/mol. The molecule has 2 heterocycles. The van der Waals surface area contributed by atoms with E-state index >= 15 is 0 Å². The molecule has 0 unspecified atom stereocenters. The number of thiophene rings is 1. The van der Waals surface area contributed by atoms with Crippen LogP contribution in [-0.2, 0) is 11.8 Å². The lowest BCUT2D eigenvalue weighted by Crippen LogP contribution is -2.27. The SMILES string of the molecule is Cn1c(O)c(N=NC(=O)CNC(=O)c2cccs2)c2ccccc21. The number of carbonyl (C=O) groups is 2. The summed E-state index contributed by atoms with van der Waals surface area (Å²) in [7, 11) is 1.69. The first-order chi connectivity index (χ1) is 11.6. The maximum atomic E-state index is 11.8. The van der Waals surface area contributed by atoms with Crippen molar-refractivity contribution in [3.8, 4) is 5.88 Å². The van der Waals surface area contributed by atoms with Crippen molar-refractivity contribution in [1.82, 2.24) is 9.88 Å². The van der Waals surface area contributed by atoms with Crippen molar-refractivity contribution in [2.75, 3.05) is 6.54 Å². The van der Waals surface area contributed by atoms with Crippen molar-refractivity contribution in [2.24, 2.45) is 17.3 Å². The standard InChI is InChI=1S/C16H14N4O3S/c1-20-11-6-3-2-5-10(11)14(16(20)23)19-18-13(21)9-17-15(22)12-7-4-8-24-12/h2-8,23H,9H2,1H3,(H,17,22). The minimum absolute atomic E-state index is 0.0737. The van der Waals surface area contributed by atoms with Crippen LogP contribution in [0.5, 0.6) is 5.88 Å². The van der Waals surface area contributed by atoms with Crippen LogP contribution in [0.3, 0.4) is 0 Å². The van der Waals surface area contributed by atoms with E-state index in [1.807, 2.05) is 18.2 Å². The van der Waals surface area contributed by atoms with Gasteiger partial charge in [-0.3, -0.25) is 9.59 Å². The van der Waals surface area contributed by atoms with E-state index in [1.54, 1.807) is 35.2 Å². The number of aryl methyl sites for hydroxylation is 1. The zero-order chi connectivity index (χ0) is 17.1. The molecule has 0 saturated carbocycles. The molecule has 0 bridgehead atoms. The lowest BCUT2D eigenvalue weighted by atomic mass is 10.2. The Labute approximate surface area is 141 Å². The van der Waals surface area contributed by atoms with Crippen LogP contribution in [0.2, 0.25) is 0 Å². The molecule has 2 amide bonds. The highest BCUT2D eigenvalue weighted by Gasteiger charge is 2.14. The third-order valence-electron chi connectivity index (χ3n) is 3.46. The van der Waals surface area contributed by atoms with Gasteiger partial charge in [0.1, 0.15) is 6.54 Å². The molecule has 2 N–H and O–H groups in total. The van der Waals surface area contributed by atoms with E-state index in [1.165, 1.54) is 11.3 Å². The summed E-state index contributed by atoms with van der Waals surface area (Å²) in [5.41, 5.74) is 1.01. The third-order valence-corrected chi connectivity index (χ3v) is 4.33. The Bertz CT molecular complexity index is 928. The van der Waals surface area contributed by atoms with Crippen LogP contribution >= 0.6 is 11.3 Å². The Balaban J connectivity index is 1.71. The van der Waals surface area contributed by atoms with Gasteiger partial charge < -0.3 is 15.0 Å². The molecular weight excluding hydrogens is 328 g/mol. The maximum Gasteiger partial charge on any atom is 0.283 e. The molecule has 122 valence electrons. The zero-order valence-corrected chi connectivity index (χ0v) is 13.6. The summed E-state index contributed by atoms with van der Waals surface area (Å²) in [5, 5.41) is 22.5. The number of azo groups is 1. The van der Waals surface area contributed by atoms with Crippen molar-refractivity contribution >= 4 is 39.7 Å². The number of carbonyl (C=O) groups excluding carboxylic acids is 2. The number of aromatic nitrogens is 1. The molecule has 24 heavy (non-hydrogen) atoms. The van der Waals surface area contributed by atoms with E-state index < -0.39 is 5.91 Å². The van der Waals surface area contributed by atoms with Gasteiger partial charge in [-0.05, 0) is 17.5 Å². The molecule has 0 atom stereocenters. The smallest absolute Gasteiger partial charge is 0.283 e. The molecule has 0 aliphatic rings. The molecule has 0 aliphatic heterocycles. The molecule has 3 aromatic rings. The number of rotatable bonds is 4. The summed E-state index contributed by atoms with van der Waals surface area (Å²) < 4.78 is 1.56. The second kappa shape index (κ2) is 6.63. The highest BCUT2D eigenvalue weighted by Crippen LogP contribution is 2.37. The Hall–Kier alpha value is -3.00. The predicted octanol–water partition coefficient (Wildman–Crippen LogP) is 2.99. The lowest BCUT2D eigenvalue weighted by Gasteiger charge is -1.99. The molecule has 0 radical (unpaired) electrons. The minimum atomic E-state index is -0.604. The number of amides is 2. The van der Waals surface area contributed by atoms with Crippen molar-refractivity contribution in [1.29, 1.82) is 0 Å². The first-order valence-electron chi connectivity index (χ1n) is 7.10. The third kappa shape index (κ3) is 3.04. The quantitative estimate of drug-likeness (QED) is 0.713. The zero-order valence-electron chi connectivity index (χ0n) is 12.8. The van der Waals surface area contributed by atoms with Gasteiger partial charge in [-0.25, -0.2) is 0 Å². The van der Waals surface area contributed by atoms with Gasteiger partial charge in [0.25, 0.3) is 11.8 Å². The van der Waals surface area contributed by atoms with E-state index in [0.29, 0.717) is 10.3 Å². The van der Waals surface area contributed by atoms with Crippen molar-refractivity contribution < 1.29 is 14.7 Å². The number of benzene rings is 1. The molecule has 2 aromatic heterocycles. The van der Waals surface area contributed by atoms with Crippen molar-refractivity contribution in [3.63, 3.8) is 0 Å². The van der Waals surface area contributed by atoms with E-state index in [-0.39, 0.29) is 24.0 Å². The van der Waals surface area contributed by atoms with Crippen molar-refractivity contribution in [2.45, 2.75) is 0 Å². The highest BCUT2D eigenvalue weighted by molar-refractivity contribution is 7.12. The van der Waals surface area contributed by atoms with Gasteiger partial charge in [0.15, 0.2) is 5.69 Å². The number of fused-ring (bicyclic) bond motifs is 1. The number of hydrogen-bond acceptors (Lipinski definition) is 5. The van der Waals surface area contributed by atoms with Crippen LogP contribution in [0.25, 0.3) is 10.9 Å². The van der Waals surface area contributed by atoms with E-state index in [2.05, 4.69) is 15.5 Å². The van der Waals surface area contributed by atoms with Crippen LogP contribution in [0, 0.1) is 0 Å². The predicted molar refractivity (Wildman–Crippen MR) is 90.8 cm³/mol. The van der Waals surface area contributed by atoms with E-state index in [4.69, 9.17) is 0 Å². The minimum Gasteiger partial charge on any atom is -0.493 e. The van der Waals surface area contributed by atoms with Crippen LogP contribution in [0.1, 0.15) is 9.67 Å². The molecule has 8 heteroatoms. The normalized spacial score (nSPS) is 11.2. The van der Waals surface area contributed by atoms with Gasteiger partial charge in [-0.2, -0.15) is 0 Å². The summed E-state index contributed by atoms with van der Waals surface area (Å²) in [6.45, 7) is -0.258. The first-order valence-corrected chi connectivity index (χ1v) is 7.98. The number of para-hydroxylation sites is 1. The number of hydrogen-bond donors (Lipinski definition) is 2. The summed E-state index contributed by atoms with van der Waals surface area (Å²) in [4.78, 5) is 24.1. The number of nitrogens with zero attached hydrogens (tertiary/aromatic N) is 3. The first kappa shape index (κ1) is 15.9. The lowest BCUT2D eigenvalue weighted by molar-refractivity contribution is -0.117. The molecule has 7 nitrogen and oxygen atoms in total. The Morgan fingerprint density at radius 1 is 1.25 bits per heavy atom. The highest BCUT2D eigenvalue weighted by atomic mass is 32.1. The Kier molecular flexibility index (Phi) is 4.39. The fraction of sp³-hybridized carbons (Fsp3) is 0.125. The van der Waals surface area contributed by atoms with Crippen molar-refractivity contribution in [3.05, 3.63) is 46.7 Å². The molecule has 0 spiro atoms. The molecule has 3 rings (SSSR count). The fourth-order valence-electron chi connectivity index (χ4n) is 2.25. The second-order valence-electron chi connectivity index (χ2n) is 5.00. The summed E-state index contributed by atoms with van der Waals surface area (Å²) >= 11 is 1.29. The van der Waals surface area contributed by atoms with Gasteiger partial charge in [-0.15, -0.1) is 21.6 Å². The number of aromatic hydroxyl groups is 1. The molecule has 1 aromatic carbocycles. The second-order valence-corrected chi connectivity index (χ2v) is 5.95. The summed E-state index contributed by atoms with van der Waals surface area (Å²) in [5.74, 6) is -1.01. The average Bonchev–Trinajstić information content (AvgIpc) is 3.20. The summed E-state index contributed by atoms with van der Waals surface area (Å²) in [6, 6.07) is 10.7. The van der Waals surface area contributed by atoms with Crippen LogP contribution in [0.15, 0.2) is 52.0 Å². The van der Waals surface area contributed by atoms with Crippen LogP contribution < -0.4 is 5.32 Å². The molecule has 0 saturated heterocycles. The molecular formula is C16H14N4O3S. The molecule has 0 fully saturated rings. The van der Waals surface area contributed by atoms with Crippen LogP contribution in [-0.4, -0.2) is 28.0 Å².